The maximum absolute atomic E-state index is 12.7. The number of benzene rings is 2. The molecular formula is C23H19ClN2O3. The lowest BCUT2D eigenvalue weighted by molar-refractivity contribution is 0.0935. The zero-order valence-corrected chi connectivity index (χ0v) is 16.5. The molecular weight excluding hydrogens is 388 g/mol. The van der Waals surface area contributed by atoms with Gasteiger partial charge in [0.25, 0.3) is 11.5 Å². The topological polar surface area (TPSA) is 64.2 Å². The van der Waals surface area contributed by atoms with Crippen molar-refractivity contribution in [3.63, 3.8) is 0 Å². The van der Waals surface area contributed by atoms with Gasteiger partial charge in [0.05, 0.1) is 18.2 Å². The summed E-state index contributed by atoms with van der Waals surface area (Å²) in [7, 11) is 0. The highest BCUT2D eigenvalue weighted by atomic mass is 35.5. The molecule has 0 bridgehead atoms. The third-order valence-corrected chi connectivity index (χ3v) is 5.13. The molecule has 0 aliphatic heterocycles. The van der Waals surface area contributed by atoms with Crippen molar-refractivity contribution >= 4 is 28.5 Å². The standard InChI is InChI=1S/C23H19ClN2O3/c1-15(21-12-16-6-3-5-9-20(16)29-21)25-23(28)18-10-11-22(27)26(14-18)13-17-7-2-4-8-19(17)24/h2-12,14-15H,13H2,1H3,(H,25,28). The summed E-state index contributed by atoms with van der Waals surface area (Å²) in [6.45, 7) is 2.15. The highest BCUT2D eigenvalue weighted by Crippen LogP contribution is 2.23. The number of carbonyl (C=O) groups is 1. The number of nitrogens with one attached hydrogen (secondary N) is 1. The van der Waals surface area contributed by atoms with Crippen LogP contribution in [0.4, 0.5) is 0 Å². The molecule has 0 saturated carbocycles. The number of carbonyl (C=O) groups excluding carboxylic acids is 1. The van der Waals surface area contributed by atoms with Crippen molar-refractivity contribution in [1.82, 2.24) is 9.88 Å². The second-order valence-electron chi connectivity index (χ2n) is 6.86. The number of fused-ring (bicyclic) bond motifs is 1. The van der Waals surface area contributed by atoms with Gasteiger partial charge in [-0.3, -0.25) is 9.59 Å². The molecule has 0 saturated heterocycles. The summed E-state index contributed by atoms with van der Waals surface area (Å²) in [5.41, 5.74) is 1.77. The van der Waals surface area contributed by atoms with E-state index in [4.69, 9.17) is 16.0 Å². The highest BCUT2D eigenvalue weighted by Gasteiger charge is 2.16. The lowest BCUT2D eigenvalue weighted by Gasteiger charge is -2.13. The van der Waals surface area contributed by atoms with Crippen molar-refractivity contribution in [2.45, 2.75) is 19.5 Å². The van der Waals surface area contributed by atoms with Crippen molar-refractivity contribution in [3.8, 4) is 0 Å². The molecule has 4 rings (SSSR count). The molecule has 5 nitrogen and oxygen atoms in total. The number of aromatic nitrogens is 1. The molecule has 1 amide bonds. The quantitative estimate of drug-likeness (QED) is 0.518. The fourth-order valence-corrected chi connectivity index (χ4v) is 3.36. The maximum atomic E-state index is 12.7. The first-order valence-electron chi connectivity index (χ1n) is 9.24. The van der Waals surface area contributed by atoms with Crippen molar-refractivity contribution in [1.29, 1.82) is 0 Å². The summed E-state index contributed by atoms with van der Waals surface area (Å²) in [4.78, 5) is 25.0. The number of para-hydroxylation sites is 1. The van der Waals surface area contributed by atoms with Gasteiger partial charge in [-0.25, -0.2) is 0 Å². The van der Waals surface area contributed by atoms with E-state index in [0.29, 0.717) is 22.9 Å². The average Bonchev–Trinajstić information content (AvgIpc) is 3.15. The molecule has 29 heavy (non-hydrogen) atoms. The van der Waals surface area contributed by atoms with Crippen molar-refractivity contribution < 1.29 is 9.21 Å². The molecule has 0 spiro atoms. The van der Waals surface area contributed by atoms with Gasteiger partial charge in [-0.2, -0.15) is 0 Å². The van der Waals surface area contributed by atoms with Crippen LogP contribution in [0.25, 0.3) is 11.0 Å². The van der Waals surface area contributed by atoms with Crippen molar-refractivity contribution in [2.24, 2.45) is 0 Å². The van der Waals surface area contributed by atoms with Crippen molar-refractivity contribution in [2.75, 3.05) is 0 Å². The highest BCUT2D eigenvalue weighted by molar-refractivity contribution is 6.31. The molecule has 0 aliphatic carbocycles. The molecule has 6 heteroatoms. The number of furan rings is 1. The fourth-order valence-electron chi connectivity index (χ4n) is 3.17. The van der Waals surface area contributed by atoms with Crippen LogP contribution in [0, 0.1) is 0 Å². The van der Waals surface area contributed by atoms with E-state index in [-0.39, 0.29) is 17.5 Å². The molecule has 0 aliphatic rings. The Morgan fingerprint density at radius 3 is 2.66 bits per heavy atom. The van der Waals surface area contributed by atoms with Crippen LogP contribution in [-0.2, 0) is 6.54 Å². The van der Waals surface area contributed by atoms with Gasteiger partial charge in [0, 0.05) is 22.7 Å². The maximum Gasteiger partial charge on any atom is 0.253 e. The Morgan fingerprint density at radius 1 is 1.10 bits per heavy atom. The van der Waals surface area contributed by atoms with Gasteiger partial charge in [-0.15, -0.1) is 0 Å². The number of hydrogen-bond donors (Lipinski definition) is 1. The van der Waals surface area contributed by atoms with Crippen LogP contribution < -0.4 is 10.9 Å². The van der Waals surface area contributed by atoms with Gasteiger partial charge >= 0.3 is 0 Å². The van der Waals surface area contributed by atoms with E-state index in [0.717, 1.165) is 16.5 Å². The Hall–Kier alpha value is -3.31. The monoisotopic (exact) mass is 406 g/mol. The molecule has 0 fully saturated rings. The summed E-state index contributed by atoms with van der Waals surface area (Å²) in [6, 6.07) is 19.5. The van der Waals surface area contributed by atoms with E-state index in [1.165, 1.54) is 16.7 Å². The molecule has 2 aromatic heterocycles. The third kappa shape index (κ3) is 4.10. The molecule has 0 radical (unpaired) electrons. The second kappa shape index (κ2) is 7.97. The number of halogens is 1. The first-order chi connectivity index (χ1) is 14.0. The van der Waals surface area contributed by atoms with Crippen LogP contribution in [-0.4, -0.2) is 10.5 Å². The van der Waals surface area contributed by atoms with E-state index in [9.17, 15) is 9.59 Å². The third-order valence-electron chi connectivity index (χ3n) is 4.76. The molecule has 2 heterocycles. The predicted octanol–water partition coefficient (Wildman–Crippen LogP) is 4.79. The van der Waals surface area contributed by atoms with Crippen LogP contribution in [0.2, 0.25) is 5.02 Å². The van der Waals surface area contributed by atoms with Gasteiger partial charge < -0.3 is 14.3 Å². The Labute approximate surface area is 172 Å². The fraction of sp³-hybridized carbons (Fsp3) is 0.130. The van der Waals surface area contributed by atoms with Crippen LogP contribution in [0.5, 0.6) is 0 Å². The zero-order chi connectivity index (χ0) is 20.4. The Morgan fingerprint density at radius 2 is 1.86 bits per heavy atom. The largest absolute Gasteiger partial charge is 0.459 e. The Balaban J connectivity index is 1.54. The second-order valence-corrected chi connectivity index (χ2v) is 7.26. The number of rotatable bonds is 5. The average molecular weight is 407 g/mol. The molecule has 4 aromatic rings. The molecule has 1 N–H and O–H groups in total. The SMILES string of the molecule is CC(NC(=O)c1ccc(=O)n(Cc2ccccc2Cl)c1)c1cc2ccccc2o1. The minimum absolute atomic E-state index is 0.202. The van der Waals surface area contributed by atoms with Gasteiger partial charge in [0.15, 0.2) is 0 Å². The molecule has 2 aromatic carbocycles. The number of pyridine rings is 1. The van der Waals surface area contributed by atoms with Crippen LogP contribution in [0.15, 0.2) is 82.1 Å². The predicted molar refractivity (Wildman–Crippen MR) is 113 cm³/mol. The van der Waals surface area contributed by atoms with Crippen LogP contribution in [0.3, 0.4) is 0 Å². The van der Waals surface area contributed by atoms with Gasteiger partial charge in [0.1, 0.15) is 11.3 Å². The van der Waals surface area contributed by atoms with E-state index < -0.39 is 0 Å². The van der Waals surface area contributed by atoms with Gasteiger partial charge in [-0.05, 0) is 36.8 Å². The normalized spacial score (nSPS) is 12.1. The minimum atomic E-state index is -0.321. The summed E-state index contributed by atoms with van der Waals surface area (Å²) >= 11 is 6.19. The van der Waals surface area contributed by atoms with Crippen LogP contribution >= 0.6 is 11.6 Å². The smallest absolute Gasteiger partial charge is 0.253 e. The molecule has 1 unspecified atom stereocenters. The van der Waals surface area contributed by atoms with E-state index in [1.54, 1.807) is 12.3 Å². The molecule has 1 atom stereocenters. The van der Waals surface area contributed by atoms with E-state index >= 15 is 0 Å². The summed E-state index contributed by atoms with van der Waals surface area (Å²) in [5, 5.41) is 4.48. The zero-order valence-electron chi connectivity index (χ0n) is 15.8. The lowest BCUT2D eigenvalue weighted by Crippen LogP contribution is -2.28. The van der Waals surface area contributed by atoms with Gasteiger partial charge in [0.2, 0.25) is 0 Å². The lowest BCUT2D eigenvalue weighted by atomic mass is 10.2. The van der Waals surface area contributed by atoms with E-state index in [1.807, 2.05) is 55.5 Å². The first-order valence-corrected chi connectivity index (χ1v) is 9.62. The van der Waals surface area contributed by atoms with Crippen LogP contribution in [0.1, 0.15) is 34.6 Å². The number of hydrogen-bond acceptors (Lipinski definition) is 3. The van der Waals surface area contributed by atoms with Crippen molar-refractivity contribution in [3.05, 3.63) is 105 Å². The first kappa shape index (κ1) is 19.0. The molecule has 146 valence electrons. The summed E-state index contributed by atoms with van der Waals surface area (Å²) in [5.74, 6) is 0.384. The van der Waals surface area contributed by atoms with Gasteiger partial charge in [-0.1, -0.05) is 48.0 Å². The number of amides is 1. The number of nitrogens with zero attached hydrogens (tertiary/aromatic N) is 1. The van der Waals surface area contributed by atoms with E-state index in [2.05, 4.69) is 5.32 Å². The Bertz CT molecular complexity index is 1210. The Kier molecular flexibility index (Phi) is 5.23. The summed E-state index contributed by atoms with van der Waals surface area (Å²) < 4.78 is 7.29. The summed E-state index contributed by atoms with van der Waals surface area (Å²) in [6.07, 6.45) is 1.55. The minimum Gasteiger partial charge on any atom is -0.459 e.